The third-order valence-corrected chi connectivity index (χ3v) is 1.40. The normalized spacial score (nSPS) is 12.8. The summed E-state index contributed by atoms with van der Waals surface area (Å²) in [6.45, 7) is 5.65. The van der Waals surface area contributed by atoms with Crippen molar-refractivity contribution in [2.75, 3.05) is 0 Å². The summed E-state index contributed by atoms with van der Waals surface area (Å²) in [6, 6.07) is 0. The summed E-state index contributed by atoms with van der Waals surface area (Å²) < 4.78 is 0. The molecule has 0 saturated heterocycles. The maximum atomic E-state index is 7.34. The molecule has 0 spiro atoms. The van der Waals surface area contributed by atoms with Crippen molar-refractivity contribution in [3.8, 4) is 0 Å². The molecular formula is C7H14N2. The van der Waals surface area contributed by atoms with Gasteiger partial charge in [0, 0.05) is 11.4 Å². The van der Waals surface area contributed by atoms with Gasteiger partial charge in [-0.1, -0.05) is 6.92 Å². The summed E-state index contributed by atoms with van der Waals surface area (Å²) in [7, 11) is 0. The molecule has 0 fully saturated rings. The quantitative estimate of drug-likeness (QED) is 0.543. The molecule has 0 aromatic carbocycles. The molecule has 0 heterocycles. The van der Waals surface area contributed by atoms with Gasteiger partial charge in [0.2, 0.25) is 0 Å². The molecule has 9 heavy (non-hydrogen) atoms. The second kappa shape index (κ2) is 3.28. The Morgan fingerprint density at radius 1 is 1.44 bits per heavy atom. The maximum absolute atomic E-state index is 7.34. The zero-order valence-electron chi connectivity index (χ0n) is 6.28. The minimum absolute atomic E-state index is 0.634. The van der Waals surface area contributed by atoms with E-state index in [0.717, 1.165) is 17.7 Å². The Morgan fingerprint density at radius 2 is 1.89 bits per heavy atom. The lowest BCUT2D eigenvalue weighted by molar-refractivity contribution is 1.18. The average Bonchev–Trinajstić information content (AvgIpc) is 1.84. The van der Waals surface area contributed by atoms with E-state index < -0.39 is 0 Å². The van der Waals surface area contributed by atoms with Crippen LogP contribution in [0.15, 0.2) is 11.3 Å². The van der Waals surface area contributed by atoms with E-state index in [1.54, 1.807) is 0 Å². The van der Waals surface area contributed by atoms with Crippen LogP contribution in [0.25, 0.3) is 0 Å². The Balaban J connectivity index is 4.21. The fourth-order valence-corrected chi connectivity index (χ4v) is 0.503. The molecule has 2 heteroatoms. The van der Waals surface area contributed by atoms with Gasteiger partial charge in [-0.15, -0.1) is 0 Å². The minimum Gasteiger partial charge on any atom is -0.402 e. The van der Waals surface area contributed by atoms with Crippen LogP contribution >= 0.6 is 0 Å². The van der Waals surface area contributed by atoms with Gasteiger partial charge in [-0.3, -0.25) is 0 Å². The van der Waals surface area contributed by atoms with Gasteiger partial charge >= 0.3 is 0 Å². The predicted molar refractivity (Wildman–Crippen MR) is 40.6 cm³/mol. The van der Waals surface area contributed by atoms with Crippen molar-refractivity contribution in [2.45, 2.75) is 27.2 Å². The summed E-state index contributed by atoms with van der Waals surface area (Å²) in [4.78, 5) is 0. The first kappa shape index (κ1) is 8.21. The van der Waals surface area contributed by atoms with Crippen LogP contribution in [0.2, 0.25) is 0 Å². The van der Waals surface area contributed by atoms with Crippen molar-refractivity contribution in [1.29, 1.82) is 5.41 Å². The van der Waals surface area contributed by atoms with Crippen LogP contribution in [0.5, 0.6) is 0 Å². The highest BCUT2D eigenvalue weighted by atomic mass is 14.6. The summed E-state index contributed by atoms with van der Waals surface area (Å²) in [5.41, 5.74) is 7.75. The monoisotopic (exact) mass is 126 g/mol. The third-order valence-electron chi connectivity index (χ3n) is 1.40. The van der Waals surface area contributed by atoms with Crippen molar-refractivity contribution in [1.82, 2.24) is 0 Å². The molecule has 0 rings (SSSR count). The fraction of sp³-hybridized carbons (Fsp3) is 0.571. The van der Waals surface area contributed by atoms with Crippen molar-refractivity contribution in [2.24, 2.45) is 5.73 Å². The van der Waals surface area contributed by atoms with Crippen LogP contribution in [0, 0.1) is 5.41 Å². The van der Waals surface area contributed by atoms with E-state index in [4.69, 9.17) is 11.1 Å². The number of hydrogen-bond donors (Lipinski definition) is 2. The minimum atomic E-state index is 0.634. The van der Waals surface area contributed by atoms with Crippen LogP contribution in [-0.2, 0) is 0 Å². The van der Waals surface area contributed by atoms with Crippen LogP contribution in [0.1, 0.15) is 27.2 Å². The van der Waals surface area contributed by atoms with Gasteiger partial charge in [-0.2, -0.15) is 0 Å². The molecule has 0 aliphatic heterocycles. The number of rotatable bonds is 2. The molecule has 0 unspecified atom stereocenters. The highest BCUT2D eigenvalue weighted by molar-refractivity contribution is 5.97. The number of nitrogens with two attached hydrogens (primary N) is 1. The Hall–Kier alpha value is -0.790. The molecule has 0 amide bonds. The van der Waals surface area contributed by atoms with E-state index in [9.17, 15) is 0 Å². The lowest BCUT2D eigenvalue weighted by Crippen LogP contribution is -2.03. The van der Waals surface area contributed by atoms with Crippen molar-refractivity contribution in [3.63, 3.8) is 0 Å². The van der Waals surface area contributed by atoms with E-state index in [2.05, 4.69) is 0 Å². The largest absolute Gasteiger partial charge is 0.402 e. The SMILES string of the molecule is CCC(=N)/C(C)=C(/C)N. The van der Waals surface area contributed by atoms with Crippen LogP contribution in [0.4, 0.5) is 0 Å². The Kier molecular flexibility index (Phi) is 2.99. The van der Waals surface area contributed by atoms with Gasteiger partial charge in [0.05, 0.1) is 0 Å². The van der Waals surface area contributed by atoms with Gasteiger partial charge < -0.3 is 11.1 Å². The molecule has 0 bridgehead atoms. The summed E-state index contributed by atoms with van der Waals surface area (Å²) in [5.74, 6) is 0. The summed E-state index contributed by atoms with van der Waals surface area (Å²) >= 11 is 0. The zero-order valence-corrected chi connectivity index (χ0v) is 6.28. The molecule has 52 valence electrons. The van der Waals surface area contributed by atoms with Gasteiger partial charge in [0.15, 0.2) is 0 Å². The highest BCUT2D eigenvalue weighted by Gasteiger charge is 1.96. The van der Waals surface area contributed by atoms with E-state index in [0.29, 0.717) is 5.71 Å². The zero-order chi connectivity index (χ0) is 7.44. The molecule has 0 aliphatic rings. The number of allylic oxidation sites excluding steroid dienone is 2. The van der Waals surface area contributed by atoms with Crippen LogP contribution < -0.4 is 5.73 Å². The second-order valence-corrected chi connectivity index (χ2v) is 2.14. The molecule has 0 saturated carbocycles. The first-order chi connectivity index (χ1) is 4.09. The predicted octanol–water partition coefficient (Wildman–Crippen LogP) is 1.67. The van der Waals surface area contributed by atoms with Crippen LogP contribution in [-0.4, -0.2) is 5.71 Å². The molecular weight excluding hydrogens is 112 g/mol. The van der Waals surface area contributed by atoms with Gasteiger partial charge in [0.1, 0.15) is 0 Å². The molecule has 0 radical (unpaired) electrons. The van der Waals surface area contributed by atoms with Crippen molar-refractivity contribution in [3.05, 3.63) is 11.3 Å². The van der Waals surface area contributed by atoms with E-state index in [-0.39, 0.29) is 0 Å². The van der Waals surface area contributed by atoms with E-state index in [1.165, 1.54) is 0 Å². The fourth-order valence-electron chi connectivity index (χ4n) is 0.503. The first-order valence-electron chi connectivity index (χ1n) is 3.10. The molecule has 2 nitrogen and oxygen atoms in total. The Bertz CT molecular complexity index is 141. The van der Waals surface area contributed by atoms with Crippen molar-refractivity contribution < 1.29 is 0 Å². The smallest absolute Gasteiger partial charge is 0.0357 e. The van der Waals surface area contributed by atoms with Gasteiger partial charge in [-0.25, -0.2) is 0 Å². The highest BCUT2D eigenvalue weighted by Crippen LogP contribution is 2.00. The van der Waals surface area contributed by atoms with Crippen LogP contribution in [0.3, 0.4) is 0 Å². The lowest BCUT2D eigenvalue weighted by atomic mass is 10.1. The summed E-state index contributed by atoms with van der Waals surface area (Å²) in [5, 5.41) is 7.34. The number of hydrogen-bond acceptors (Lipinski definition) is 2. The Labute approximate surface area is 56.3 Å². The van der Waals surface area contributed by atoms with Crippen molar-refractivity contribution >= 4 is 5.71 Å². The standard InChI is InChI=1S/C7H14N2/c1-4-7(9)5(2)6(3)8/h9H,4,8H2,1-3H3/b6-5-,9-7?. The molecule has 3 N–H and O–H groups in total. The molecule has 0 atom stereocenters. The summed E-state index contributed by atoms with van der Waals surface area (Å²) in [6.07, 6.45) is 0.764. The van der Waals surface area contributed by atoms with E-state index >= 15 is 0 Å². The van der Waals surface area contributed by atoms with Gasteiger partial charge in [0.25, 0.3) is 0 Å². The topological polar surface area (TPSA) is 49.9 Å². The number of nitrogens with one attached hydrogen (secondary N) is 1. The molecule has 0 aromatic heterocycles. The maximum Gasteiger partial charge on any atom is 0.0357 e. The molecule has 0 aliphatic carbocycles. The first-order valence-corrected chi connectivity index (χ1v) is 3.10. The second-order valence-electron chi connectivity index (χ2n) is 2.14. The van der Waals surface area contributed by atoms with Gasteiger partial charge in [-0.05, 0) is 25.8 Å². The van der Waals surface area contributed by atoms with E-state index in [1.807, 2.05) is 20.8 Å². The molecule has 0 aromatic rings. The Morgan fingerprint density at radius 3 is 2.00 bits per heavy atom. The third kappa shape index (κ3) is 2.31. The average molecular weight is 126 g/mol. The lowest BCUT2D eigenvalue weighted by Gasteiger charge is -2.01.